The van der Waals surface area contributed by atoms with Crippen molar-refractivity contribution in [1.29, 1.82) is 0 Å². The summed E-state index contributed by atoms with van der Waals surface area (Å²) in [5, 5.41) is 7.14. The van der Waals surface area contributed by atoms with Gasteiger partial charge in [0.15, 0.2) is 0 Å². The molecule has 1 heterocycles. The van der Waals surface area contributed by atoms with Crippen LogP contribution in [0.4, 0.5) is 5.69 Å². The van der Waals surface area contributed by atoms with Crippen LogP contribution in [0.25, 0.3) is 0 Å². The summed E-state index contributed by atoms with van der Waals surface area (Å²) in [5.74, 6) is -0.175. The molecule has 0 spiro atoms. The highest BCUT2D eigenvalue weighted by atomic mass is 79.9. The average Bonchev–Trinajstić information content (AvgIpc) is 2.55. The van der Waals surface area contributed by atoms with Gasteiger partial charge in [0.25, 0.3) is 5.91 Å². The molecule has 2 N–H and O–H groups in total. The summed E-state index contributed by atoms with van der Waals surface area (Å²) in [4.78, 5) is 16.1. The number of benzene rings is 1. The molecule has 0 bridgehead atoms. The quantitative estimate of drug-likeness (QED) is 0.614. The van der Waals surface area contributed by atoms with Crippen molar-refractivity contribution in [2.75, 3.05) is 5.32 Å². The maximum absolute atomic E-state index is 12.1. The largest absolute Gasteiger partial charge is 0.374 e. The van der Waals surface area contributed by atoms with E-state index in [1.54, 1.807) is 18.6 Å². The molecule has 114 valence electrons. The fraction of sp³-hybridized carbons (Fsp3) is 0.188. The first-order chi connectivity index (χ1) is 10.7. The first-order valence-corrected chi connectivity index (χ1v) is 7.73. The average molecular weight is 361 g/mol. The van der Waals surface area contributed by atoms with Gasteiger partial charge in [0, 0.05) is 28.1 Å². The number of nitrogens with one attached hydrogen (secondary N) is 2. The molecule has 0 aliphatic heterocycles. The number of pyridine rings is 1. The second-order valence-corrected chi connectivity index (χ2v) is 5.55. The summed E-state index contributed by atoms with van der Waals surface area (Å²) in [6.45, 7) is 1.95. The maximum Gasteiger partial charge on any atom is 0.262 e. The van der Waals surface area contributed by atoms with E-state index in [1.807, 2.05) is 43.3 Å². The summed E-state index contributed by atoms with van der Waals surface area (Å²) in [7, 11) is 0. The number of hydrogen-bond donors (Lipinski definition) is 2. The topological polar surface area (TPSA) is 66.4 Å². The van der Waals surface area contributed by atoms with Crippen LogP contribution in [0, 0.1) is 0 Å². The van der Waals surface area contributed by atoms with E-state index in [2.05, 4.69) is 36.8 Å². The van der Waals surface area contributed by atoms with E-state index in [4.69, 9.17) is 0 Å². The molecule has 1 aromatic carbocycles. The number of anilines is 1. The molecule has 1 aromatic heterocycles. The number of hydrogen-bond acceptors (Lipinski definition) is 4. The maximum atomic E-state index is 12.1. The summed E-state index contributed by atoms with van der Waals surface area (Å²) >= 11 is 3.38. The van der Waals surface area contributed by atoms with Crippen LogP contribution >= 0.6 is 15.9 Å². The van der Waals surface area contributed by atoms with Gasteiger partial charge in [0.1, 0.15) is 6.04 Å². The van der Waals surface area contributed by atoms with E-state index in [9.17, 15) is 4.79 Å². The number of amides is 1. The number of carbonyl (C=O) groups excluding carboxylic acids is 1. The van der Waals surface area contributed by atoms with Crippen molar-refractivity contribution in [3.63, 3.8) is 0 Å². The van der Waals surface area contributed by atoms with Crippen LogP contribution in [0.3, 0.4) is 0 Å². The van der Waals surface area contributed by atoms with E-state index in [-0.39, 0.29) is 11.9 Å². The molecule has 1 atom stereocenters. The third kappa shape index (κ3) is 4.96. The van der Waals surface area contributed by atoms with Crippen LogP contribution in [0.1, 0.15) is 18.9 Å². The number of aromatic nitrogens is 1. The summed E-state index contributed by atoms with van der Waals surface area (Å²) in [6, 6.07) is 11.0. The lowest BCUT2D eigenvalue weighted by Gasteiger charge is -2.16. The predicted molar refractivity (Wildman–Crippen MR) is 91.8 cm³/mol. The van der Waals surface area contributed by atoms with Crippen LogP contribution in [-0.2, 0) is 4.79 Å². The summed E-state index contributed by atoms with van der Waals surface area (Å²) < 4.78 is 0.997. The molecule has 1 amide bonds. The Morgan fingerprint density at radius 3 is 2.77 bits per heavy atom. The zero-order chi connectivity index (χ0) is 15.8. The zero-order valence-electron chi connectivity index (χ0n) is 12.2. The predicted octanol–water partition coefficient (Wildman–Crippen LogP) is 3.18. The fourth-order valence-corrected chi connectivity index (χ4v) is 2.07. The van der Waals surface area contributed by atoms with Crippen LogP contribution < -0.4 is 10.7 Å². The van der Waals surface area contributed by atoms with Gasteiger partial charge in [-0.3, -0.25) is 9.78 Å². The zero-order valence-corrected chi connectivity index (χ0v) is 13.7. The van der Waals surface area contributed by atoms with Gasteiger partial charge in [-0.1, -0.05) is 28.9 Å². The van der Waals surface area contributed by atoms with Gasteiger partial charge in [-0.15, -0.1) is 0 Å². The summed E-state index contributed by atoms with van der Waals surface area (Å²) in [5.41, 5.74) is 4.27. The molecule has 0 fully saturated rings. The first kappa shape index (κ1) is 16.2. The number of carbonyl (C=O) groups is 1. The highest BCUT2D eigenvalue weighted by Gasteiger charge is 2.15. The van der Waals surface area contributed by atoms with E-state index in [0.29, 0.717) is 6.42 Å². The Balaban J connectivity index is 1.91. The van der Waals surface area contributed by atoms with Crippen molar-refractivity contribution in [2.45, 2.75) is 19.4 Å². The van der Waals surface area contributed by atoms with Crippen LogP contribution in [0.5, 0.6) is 0 Å². The van der Waals surface area contributed by atoms with Gasteiger partial charge in [-0.2, -0.15) is 5.10 Å². The lowest BCUT2D eigenvalue weighted by Crippen LogP contribution is -2.36. The highest BCUT2D eigenvalue weighted by Crippen LogP contribution is 2.15. The van der Waals surface area contributed by atoms with Gasteiger partial charge in [-0.25, -0.2) is 5.43 Å². The van der Waals surface area contributed by atoms with E-state index < -0.39 is 0 Å². The molecule has 0 aliphatic carbocycles. The molecule has 0 aliphatic rings. The van der Waals surface area contributed by atoms with Gasteiger partial charge in [-0.05, 0) is 36.8 Å². The molecule has 2 rings (SSSR count). The molecule has 0 saturated heterocycles. The molecule has 5 nitrogen and oxygen atoms in total. The van der Waals surface area contributed by atoms with Gasteiger partial charge < -0.3 is 5.32 Å². The summed E-state index contributed by atoms with van der Waals surface area (Å²) in [6.07, 6.45) is 5.58. The smallest absolute Gasteiger partial charge is 0.262 e. The minimum absolute atomic E-state index is 0.175. The Kier molecular flexibility index (Phi) is 6.09. The Labute approximate surface area is 138 Å². The van der Waals surface area contributed by atoms with Crippen molar-refractivity contribution >= 4 is 33.7 Å². The second kappa shape index (κ2) is 8.29. The third-order valence-electron chi connectivity index (χ3n) is 2.98. The second-order valence-electron chi connectivity index (χ2n) is 4.63. The van der Waals surface area contributed by atoms with Crippen molar-refractivity contribution in [1.82, 2.24) is 10.4 Å². The molecular weight excluding hydrogens is 344 g/mol. The van der Waals surface area contributed by atoms with Crippen LogP contribution in [0.2, 0.25) is 0 Å². The van der Waals surface area contributed by atoms with E-state index in [0.717, 1.165) is 15.7 Å². The van der Waals surface area contributed by atoms with Gasteiger partial charge in [0.2, 0.25) is 0 Å². The number of hydrazone groups is 1. The van der Waals surface area contributed by atoms with Crippen molar-refractivity contribution < 1.29 is 4.79 Å². The lowest BCUT2D eigenvalue weighted by molar-refractivity contribution is -0.121. The highest BCUT2D eigenvalue weighted by molar-refractivity contribution is 9.10. The Bertz CT molecular complexity index is 628. The molecular formula is C16H17BrN4O. The minimum atomic E-state index is -0.341. The minimum Gasteiger partial charge on any atom is -0.374 e. The SMILES string of the molecule is CCC(Nc1ccc(Br)cc1)C(=O)N/N=C/c1cccnc1. The van der Waals surface area contributed by atoms with E-state index >= 15 is 0 Å². The number of halogens is 1. The molecule has 6 heteroatoms. The van der Waals surface area contributed by atoms with Crippen molar-refractivity contribution in [3.8, 4) is 0 Å². The monoisotopic (exact) mass is 360 g/mol. The Morgan fingerprint density at radius 2 is 2.14 bits per heavy atom. The molecule has 2 aromatic rings. The van der Waals surface area contributed by atoms with E-state index in [1.165, 1.54) is 0 Å². The normalized spacial score (nSPS) is 12.1. The van der Waals surface area contributed by atoms with Crippen LogP contribution in [0.15, 0.2) is 58.4 Å². The Morgan fingerprint density at radius 1 is 1.36 bits per heavy atom. The van der Waals surface area contributed by atoms with Crippen LogP contribution in [-0.4, -0.2) is 23.1 Å². The molecule has 0 radical (unpaired) electrons. The van der Waals surface area contributed by atoms with Gasteiger partial charge >= 0.3 is 0 Å². The van der Waals surface area contributed by atoms with Gasteiger partial charge in [0.05, 0.1) is 6.21 Å². The number of rotatable bonds is 6. The Hall–Kier alpha value is -2.21. The third-order valence-corrected chi connectivity index (χ3v) is 3.51. The molecule has 0 saturated carbocycles. The molecule has 22 heavy (non-hydrogen) atoms. The molecule has 1 unspecified atom stereocenters. The van der Waals surface area contributed by atoms with Crippen molar-refractivity contribution in [3.05, 3.63) is 58.8 Å². The number of nitrogens with zero attached hydrogens (tertiary/aromatic N) is 2. The van der Waals surface area contributed by atoms with Crippen molar-refractivity contribution in [2.24, 2.45) is 5.10 Å². The fourth-order valence-electron chi connectivity index (χ4n) is 1.80. The lowest BCUT2D eigenvalue weighted by atomic mass is 10.2. The standard InChI is InChI=1S/C16H17BrN4O/c1-2-15(20-14-7-5-13(17)6-8-14)16(22)21-19-11-12-4-3-9-18-10-12/h3-11,15,20H,2H2,1H3,(H,21,22)/b19-11+. The first-order valence-electron chi connectivity index (χ1n) is 6.94.